The Morgan fingerprint density at radius 2 is 1.85 bits per heavy atom. The zero-order chi connectivity index (χ0) is 38.9. The number of Topliss-reactive ketones (excluding diaryl/α,β-unsaturated/α-hetero) is 1. The maximum atomic E-state index is 13.5. The lowest BCUT2D eigenvalue weighted by Gasteiger charge is -2.49. The van der Waals surface area contributed by atoms with Gasteiger partial charge in [0.2, 0.25) is 11.5 Å². The van der Waals surface area contributed by atoms with Gasteiger partial charge in [-0.25, -0.2) is 14.6 Å². The Labute approximate surface area is 318 Å². The van der Waals surface area contributed by atoms with Crippen LogP contribution in [0.4, 0.5) is 5.13 Å². The number of benzene rings is 2. The number of fused-ring (bicyclic) bond motifs is 2. The highest BCUT2D eigenvalue weighted by Crippen LogP contribution is 2.46. The second kappa shape index (κ2) is 15.0. The molecular formula is C38H38N5O9S2+. The third-order valence-electron chi connectivity index (χ3n) is 9.68. The van der Waals surface area contributed by atoms with Crippen molar-refractivity contribution in [3.63, 3.8) is 0 Å². The standard InChI is InChI=1S/C38H37N5O9S2/c1-4-12-43(13-11-23-14-28(44)29(45)15-25(23)18-43)17-22-7-5-21(6-8-22)9-10-24-19-53-34-26(33(47)42(34)32(24)35(48)49)16-30(46)31(27-20-54-37(39)40-27)41-52-38(2,3)36(50)51/h1,5-10,14-15,20,26,34H,11-13,16-19H2,2-3H3,(H5-,39,40,41,44,45,46,48,49,50,51)/p+1/t26-,34-,43?/m1/s1. The predicted octanol–water partition coefficient (Wildman–Crippen LogP) is 3.97. The Morgan fingerprint density at radius 3 is 2.48 bits per heavy atom. The van der Waals surface area contributed by atoms with Crippen molar-refractivity contribution in [2.45, 2.75) is 50.8 Å². The first-order chi connectivity index (χ1) is 25.6. The molecule has 4 heterocycles. The van der Waals surface area contributed by atoms with Crippen LogP contribution in [0.15, 0.2) is 64.3 Å². The molecule has 3 aliphatic rings. The quantitative estimate of drug-likeness (QED) is 0.0417. The topological polar surface area (TPSA) is 213 Å². The molecule has 1 fully saturated rings. The van der Waals surface area contributed by atoms with Crippen molar-refractivity contribution in [3.8, 4) is 23.8 Å². The number of aromatic nitrogens is 1. The molecule has 6 rings (SSSR count). The molecule has 1 unspecified atom stereocenters. The molecule has 3 atom stereocenters. The lowest BCUT2D eigenvalue weighted by Crippen LogP contribution is -2.62. The van der Waals surface area contributed by atoms with Gasteiger partial charge in [0.05, 0.1) is 17.8 Å². The maximum absolute atomic E-state index is 13.5. The summed E-state index contributed by atoms with van der Waals surface area (Å²) < 4.78 is 0.594. The number of thioether (sulfide) groups is 1. The summed E-state index contributed by atoms with van der Waals surface area (Å²) in [6.07, 6.45) is 9.63. The van der Waals surface area contributed by atoms with E-state index in [1.807, 2.05) is 24.3 Å². The lowest BCUT2D eigenvalue weighted by molar-refractivity contribution is -0.949. The van der Waals surface area contributed by atoms with Gasteiger partial charge in [0.1, 0.15) is 31.0 Å². The number of amides is 1. The van der Waals surface area contributed by atoms with Crippen molar-refractivity contribution < 1.29 is 48.9 Å². The number of phenols is 2. The highest BCUT2D eigenvalue weighted by Gasteiger charge is 2.54. The van der Waals surface area contributed by atoms with E-state index in [2.05, 4.69) is 16.1 Å². The summed E-state index contributed by atoms with van der Waals surface area (Å²) in [6, 6.07) is 11.0. The van der Waals surface area contributed by atoms with Gasteiger partial charge in [-0.05, 0) is 48.6 Å². The average molecular weight is 773 g/mol. The van der Waals surface area contributed by atoms with Crippen molar-refractivity contribution in [2.24, 2.45) is 11.1 Å². The molecule has 14 nitrogen and oxygen atoms in total. The van der Waals surface area contributed by atoms with Gasteiger partial charge in [-0.2, -0.15) is 0 Å². The van der Waals surface area contributed by atoms with Gasteiger partial charge in [-0.1, -0.05) is 41.6 Å². The highest BCUT2D eigenvalue weighted by molar-refractivity contribution is 8.00. The SMILES string of the molecule is C#CC[N+]1(Cc2ccc(C=CC3=C(C(=O)O)N4C(=O)[C@@H](CC(=O)/C(=N\OC(C)(C)C(=O)O)c5csc(N)n5)[C@H]4SC3)cc2)CCc2cc(O)c(O)cc2C1. The van der Waals surface area contributed by atoms with Crippen LogP contribution in [0.2, 0.25) is 0 Å². The number of rotatable bonds is 13. The van der Waals surface area contributed by atoms with Gasteiger partial charge >= 0.3 is 11.9 Å². The fourth-order valence-electron chi connectivity index (χ4n) is 6.72. The molecular weight excluding hydrogens is 735 g/mol. The lowest BCUT2D eigenvalue weighted by atomic mass is 9.89. The molecule has 1 aromatic heterocycles. The van der Waals surface area contributed by atoms with Gasteiger partial charge in [0.25, 0.3) is 0 Å². The van der Waals surface area contributed by atoms with E-state index >= 15 is 0 Å². The van der Waals surface area contributed by atoms with Crippen LogP contribution in [0.3, 0.4) is 0 Å². The second-order valence-electron chi connectivity index (χ2n) is 13.9. The fourth-order valence-corrected chi connectivity index (χ4v) is 8.65. The number of hydrogen-bond donors (Lipinski definition) is 5. The first-order valence-electron chi connectivity index (χ1n) is 16.9. The molecule has 0 spiro atoms. The van der Waals surface area contributed by atoms with Crippen LogP contribution in [-0.2, 0) is 43.5 Å². The van der Waals surface area contributed by atoms with Gasteiger partial charge in [0.15, 0.2) is 28.1 Å². The van der Waals surface area contributed by atoms with Crippen LogP contribution < -0.4 is 5.73 Å². The minimum atomic E-state index is -1.76. The van der Waals surface area contributed by atoms with E-state index in [0.29, 0.717) is 36.1 Å². The number of anilines is 1. The van der Waals surface area contributed by atoms with Crippen LogP contribution in [0, 0.1) is 18.3 Å². The normalized spacial score (nSPS) is 21.2. The number of ketones is 1. The van der Waals surface area contributed by atoms with Gasteiger partial charge < -0.3 is 35.5 Å². The van der Waals surface area contributed by atoms with E-state index in [1.54, 1.807) is 24.3 Å². The first-order valence-corrected chi connectivity index (χ1v) is 18.8. The number of quaternary nitrogens is 1. The van der Waals surface area contributed by atoms with E-state index in [0.717, 1.165) is 40.1 Å². The van der Waals surface area contributed by atoms with E-state index in [9.17, 15) is 39.6 Å². The van der Waals surface area contributed by atoms with Crippen molar-refractivity contribution in [1.82, 2.24) is 9.88 Å². The van der Waals surface area contributed by atoms with Gasteiger partial charge in [-0.15, -0.1) is 29.5 Å². The number of nitrogens with zero attached hydrogens (tertiary/aromatic N) is 4. The Bertz CT molecular complexity index is 2170. The third-order valence-corrected chi connectivity index (χ3v) is 11.7. The van der Waals surface area contributed by atoms with Crippen molar-refractivity contribution in [1.29, 1.82) is 0 Å². The second-order valence-corrected chi connectivity index (χ2v) is 15.9. The van der Waals surface area contributed by atoms with E-state index in [-0.39, 0.29) is 45.9 Å². The Kier molecular flexibility index (Phi) is 10.6. The number of terminal acetylenes is 1. The van der Waals surface area contributed by atoms with Crippen molar-refractivity contribution in [2.75, 3.05) is 24.6 Å². The summed E-state index contributed by atoms with van der Waals surface area (Å²) in [5.41, 5.74) is 7.87. The number of carbonyl (C=O) groups excluding carboxylic acids is 2. The molecule has 0 radical (unpaired) electrons. The number of thiazole rings is 1. The summed E-state index contributed by atoms with van der Waals surface area (Å²) in [7, 11) is 0. The van der Waals surface area contributed by atoms with E-state index in [1.165, 1.54) is 35.9 Å². The minimum absolute atomic E-state index is 0.0733. The number of hydrogen-bond acceptors (Lipinski definition) is 12. The molecule has 2 aromatic carbocycles. The number of aromatic hydroxyl groups is 2. The van der Waals surface area contributed by atoms with E-state index in [4.69, 9.17) is 17.0 Å². The summed E-state index contributed by atoms with van der Waals surface area (Å²) >= 11 is 2.38. The molecule has 1 saturated heterocycles. The number of nitrogens with two attached hydrogens (primary N) is 1. The number of oxime groups is 1. The maximum Gasteiger partial charge on any atom is 0.352 e. The zero-order valence-corrected chi connectivity index (χ0v) is 31.0. The summed E-state index contributed by atoms with van der Waals surface area (Å²) in [4.78, 5) is 61.4. The predicted molar refractivity (Wildman–Crippen MR) is 202 cm³/mol. The molecule has 3 aliphatic heterocycles. The van der Waals surface area contributed by atoms with Crippen LogP contribution in [0.1, 0.15) is 48.2 Å². The van der Waals surface area contributed by atoms with Crippen LogP contribution >= 0.6 is 23.1 Å². The van der Waals surface area contributed by atoms with Gasteiger partial charge in [-0.3, -0.25) is 14.5 Å². The number of aliphatic carboxylic acids is 2. The summed E-state index contributed by atoms with van der Waals surface area (Å²) in [5, 5.41) is 44.4. The smallest absolute Gasteiger partial charge is 0.352 e. The van der Waals surface area contributed by atoms with Crippen LogP contribution in [0.5, 0.6) is 11.5 Å². The average Bonchev–Trinajstić information content (AvgIpc) is 3.56. The largest absolute Gasteiger partial charge is 0.504 e. The number of phenolic OH excluding ortho intramolecular Hbond substituents is 2. The summed E-state index contributed by atoms with van der Waals surface area (Å²) in [5.74, 6) is -1.81. The molecule has 3 aromatic rings. The molecule has 0 bridgehead atoms. The first kappa shape index (κ1) is 38.1. The number of allylic oxidation sites excluding steroid dienone is 1. The van der Waals surface area contributed by atoms with E-state index < -0.39 is 40.5 Å². The number of nitrogen functional groups attached to an aromatic ring is 1. The van der Waals surface area contributed by atoms with Crippen LogP contribution in [0.25, 0.3) is 6.08 Å². The van der Waals surface area contributed by atoms with Crippen molar-refractivity contribution >= 4 is 63.6 Å². The highest BCUT2D eigenvalue weighted by atomic mass is 32.2. The molecule has 0 aliphatic carbocycles. The molecule has 1 amide bonds. The minimum Gasteiger partial charge on any atom is -0.504 e. The Morgan fingerprint density at radius 1 is 1.15 bits per heavy atom. The monoisotopic (exact) mass is 772 g/mol. The number of carbonyl (C=O) groups is 4. The third kappa shape index (κ3) is 7.70. The van der Waals surface area contributed by atoms with Crippen molar-refractivity contribution in [3.05, 3.63) is 87.1 Å². The number of β-lactam (4-membered cyclic amide) rings is 1. The Hall–Kier alpha value is -5.63. The molecule has 54 heavy (non-hydrogen) atoms. The molecule has 16 heteroatoms. The fraction of sp³-hybridized carbons (Fsp3) is 0.316. The Balaban J connectivity index is 1.15. The van der Waals surface area contributed by atoms with Gasteiger partial charge in [0, 0.05) is 35.1 Å². The molecule has 0 saturated carbocycles. The number of carboxylic acid groups (broad SMARTS) is 2. The number of carboxylic acids is 2. The van der Waals surface area contributed by atoms with Crippen LogP contribution in [-0.4, -0.2) is 94.0 Å². The summed E-state index contributed by atoms with van der Waals surface area (Å²) in [6.45, 7) is 5.05. The molecule has 280 valence electrons. The zero-order valence-electron chi connectivity index (χ0n) is 29.4. The molecule has 6 N–H and O–H groups in total.